The molecule has 0 radical (unpaired) electrons. The Labute approximate surface area is 189 Å². The van der Waals surface area contributed by atoms with Crippen LogP contribution in [0.15, 0.2) is 4.99 Å². The Morgan fingerprint density at radius 2 is 1.50 bits per heavy atom. The van der Waals surface area contributed by atoms with Crippen molar-refractivity contribution in [3.05, 3.63) is 0 Å². The Morgan fingerprint density at radius 3 is 1.97 bits per heavy atom. The van der Waals surface area contributed by atoms with E-state index in [0.29, 0.717) is 19.4 Å². The molecule has 10 N–H and O–H groups in total. The van der Waals surface area contributed by atoms with Crippen molar-refractivity contribution in [3.63, 3.8) is 0 Å². The van der Waals surface area contributed by atoms with Gasteiger partial charge >= 0.3 is 5.97 Å². The van der Waals surface area contributed by atoms with E-state index in [9.17, 15) is 24.3 Å². The number of aliphatic imine (C=N–C) groups is 1. The van der Waals surface area contributed by atoms with E-state index in [2.05, 4.69) is 20.9 Å². The summed E-state index contributed by atoms with van der Waals surface area (Å²) in [6.07, 6.45) is 1.07. The van der Waals surface area contributed by atoms with Crippen LogP contribution in [0.1, 0.15) is 53.9 Å². The number of rotatable bonds is 14. The molecule has 0 aliphatic carbocycles. The molecule has 4 unspecified atom stereocenters. The van der Waals surface area contributed by atoms with Crippen LogP contribution in [-0.2, 0) is 19.2 Å². The lowest BCUT2D eigenvalue weighted by molar-refractivity contribution is -0.142. The number of amides is 3. The van der Waals surface area contributed by atoms with Gasteiger partial charge in [0.1, 0.15) is 18.1 Å². The van der Waals surface area contributed by atoms with E-state index in [1.807, 2.05) is 13.8 Å². The molecule has 0 aromatic carbocycles. The number of aliphatic carboxylic acids is 1. The van der Waals surface area contributed by atoms with Crippen molar-refractivity contribution < 1.29 is 24.3 Å². The number of hydrogen-bond acceptors (Lipinski definition) is 6. The number of guanidine groups is 1. The first-order valence-corrected chi connectivity index (χ1v) is 10.7. The summed E-state index contributed by atoms with van der Waals surface area (Å²) >= 11 is 0. The smallest absolute Gasteiger partial charge is 0.326 e. The van der Waals surface area contributed by atoms with E-state index >= 15 is 0 Å². The number of carboxylic acids is 1. The van der Waals surface area contributed by atoms with E-state index < -0.39 is 47.9 Å². The van der Waals surface area contributed by atoms with Gasteiger partial charge in [-0.25, -0.2) is 4.79 Å². The minimum Gasteiger partial charge on any atom is -0.480 e. The minimum absolute atomic E-state index is 0.0448. The van der Waals surface area contributed by atoms with E-state index in [1.165, 1.54) is 6.92 Å². The van der Waals surface area contributed by atoms with Crippen LogP contribution in [0.2, 0.25) is 0 Å². The molecule has 0 spiro atoms. The highest BCUT2D eigenvalue weighted by molar-refractivity contribution is 5.94. The Kier molecular flexibility index (Phi) is 12.9. The van der Waals surface area contributed by atoms with Crippen LogP contribution in [0.3, 0.4) is 0 Å². The normalized spacial score (nSPS) is 14.8. The quantitative estimate of drug-likeness (QED) is 0.0935. The third-order valence-electron chi connectivity index (χ3n) is 4.63. The Morgan fingerprint density at radius 1 is 0.906 bits per heavy atom. The van der Waals surface area contributed by atoms with Crippen LogP contribution < -0.4 is 33.2 Å². The maximum absolute atomic E-state index is 12.7. The molecule has 0 heterocycles. The number of hydrogen-bond donors (Lipinski definition) is 7. The van der Waals surface area contributed by atoms with Crippen molar-refractivity contribution in [1.82, 2.24) is 16.0 Å². The number of nitrogens with zero attached hydrogens (tertiary/aromatic N) is 1. The van der Waals surface area contributed by atoms with Gasteiger partial charge in [0.25, 0.3) is 0 Å². The van der Waals surface area contributed by atoms with Crippen molar-refractivity contribution in [2.75, 3.05) is 6.54 Å². The summed E-state index contributed by atoms with van der Waals surface area (Å²) in [5.74, 6) is -3.12. The zero-order chi connectivity index (χ0) is 25.0. The first kappa shape index (κ1) is 29.1. The molecule has 4 atom stereocenters. The van der Waals surface area contributed by atoms with Crippen LogP contribution in [0.25, 0.3) is 0 Å². The van der Waals surface area contributed by atoms with E-state index in [-0.39, 0.29) is 24.2 Å². The average Bonchev–Trinajstić information content (AvgIpc) is 2.67. The Balaban J connectivity index is 4.90. The fourth-order valence-electron chi connectivity index (χ4n) is 2.80. The molecule has 0 bridgehead atoms. The molecule has 3 amide bonds. The third kappa shape index (κ3) is 11.5. The summed E-state index contributed by atoms with van der Waals surface area (Å²) < 4.78 is 0. The molecule has 0 aliphatic rings. The molecule has 184 valence electrons. The lowest BCUT2D eigenvalue weighted by Gasteiger charge is -2.26. The fourth-order valence-corrected chi connectivity index (χ4v) is 2.80. The highest BCUT2D eigenvalue weighted by Gasteiger charge is 2.30. The van der Waals surface area contributed by atoms with Gasteiger partial charge in [-0.3, -0.25) is 19.4 Å². The highest BCUT2D eigenvalue weighted by Crippen LogP contribution is 2.07. The molecule has 0 rings (SSSR count). The first-order valence-electron chi connectivity index (χ1n) is 10.7. The minimum atomic E-state index is -1.15. The SMILES string of the molecule is CC(C)CC(NC(=O)C(C)NC(=O)C(NC(=O)C(N)CCCN=C(N)N)C(C)C)C(=O)O. The number of nitrogens with two attached hydrogens (primary N) is 3. The summed E-state index contributed by atoms with van der Waals surface area (Å²) in [6, 6.07) is -3.83. The van der Waals surface area contributed by atoms with Gasteiger partial charge in [-0.1, -0.05) is 27.7 Å². The van der Waals surface area contributed by atoms with Crippen LogP contribution in [0, 0.1) is 11.8 Å². The van der Waals surface area contributed by atoms with Crippen LogP contribution in [0.4, 0.5) is 0 Å². The Hall–Kier alpha value is -2.89. The molecule has 0 saturated heterocycles. The third-order valence-corrected chi connectivity index (χ3v) is 4.63. The second-order valence-corrected chi connectivity index (χ2v) is 8.54. The standard InChI is InChI=1S/C20H39N7O5/c1-10(2)9-14(19(31)32)26-16(28)12(5)25-18(30)15(11(3)4)27-17(29)13(21)7-6-8-24-20(22)23/h10-15H,6-9,21H2,1-5H3,(H,25,30)(H,26,28)(H,27,29)(H,31,32)(H4,22,23,24). The Bertz CT molecular complexity index is 677. The molecule has 0 aliphatic heterocycles. The van der Waals surface area contributed by atoms with Crippen molar-refractivity contribution >= 4 is 29.7 Å². The van der Waals surface area contributed by atoms with Gasteiger partial charge in [-0.15, -0.1) is 0 Å². The predicted octanol–water partition coefficient (Wildman–Crippen LogP) is -1.37. The molecule has 0 fully saturated rings. The van der Waals surface area contributed by atoms with Gasteiger partial charge in [-0.2, -0.15) is 0 Å². The zero-order valence-corrected chi connectivity index (χ0v) is 19.6. The average molecular weight is 458 g/mol. The summed E-state index contributed by atoms with van der Waals surface area (Å²) in [7, 11) is 0. The number of carboxylic acid groups (broad SMARTS) is 1. The van der Waals surface area contributed by atoms with Gasteiger partial charge in [0.2, 0.25) is 17.7 Å². The van der Waals surface area contributed by atoms with Gasteiger partial charge < -0.3 is 38.3 Å². The van der Waals surface area contributed by atoms with Gasteiger partial charge in [0, 0.05) is 6.54 Å². The first-order chi connectivity index (χ1) is 14.8. The van der Waals surface area contributed by atoms with Gasteiger partial charge in [0.15, 0.2) is 5.96 Å². The van der Waals surface area contributed by atoms with Crippen molar-refractivity contribution in [2.24, 2.45) is 34.0 Å². The second-order valence-electron chi connectivity index (χ2n) is 8.54. The van der Waals surface area contributed by atoms with Crippen molar-refractivity contribution in [3.8, 4) is 0 Å². The topological polar surface area (TPSA) is 215 Å². The maximum Gasteiger partial charge on any atom is 0.326 e. The summed E-state index contributed by atoms with van der Waals surface area (Å²) in [5.41, 5.74) is 16.4. The van der Waals surface area contributed by atoms with Gasteiger partial charge in [-0.05, 0) is 38.0 Å². The lowest BCUT2D eigenvalue weighted by Crippen LogP contribution is -2.57. The summed E-state index contributed by atoms with van der Waals surface area (Å²) in [4.78, 5) is 52.6. The molecule has 32 heavy (non-hydrogen) atoms. The van der Waals surface area contributed by atoms with Crippen LogP contribution >= 0.6 is 0 Å². The lowest BCUT2D eigenvalue weighted by atomic mass is 10.0. The number of carbonyl (C=O) groups is 4. The summed E-state index contributed by atoms with van der Waals surface area (Å²) in [6.45, 7) is 8.93. The number of nitrogens with one attached hydrogen (secondary N) is 3. The van der Waals surface area contributed by atoms with Crippen LogP contribution in [0.5, 0.6) is 0 Å². The van der Waals surface area contributed by atoms with Crippen molar-refractivity contribution in [2.45, 2.75) is 78.0 Å². The molecular formula is C20H39N7O5. The second kappa shape index (κ2) is 14.2. The predicted molar refractivity (Wildman–Crippen MR) is 121 cm³/mol. The molecule has 12 nitrogen and oxygen atoms in total. The molecular weight excluding hydrogens is 418 g/mol. The summed E-state index contributed by atoms with van der Waals surface area (Å²) in [5, 5.41) is 16.8. The van der Waals surface area contributed by atoms with Gasteiger partial charge in [0.05, 0.1) is 6.04 Å². The van der Waals surface area contributed by atoms with E-state index in [1.54, 1.807) is 13.8 Å². The maximum atomic E-state index is 12.7. The van der Waals surface area contributed by atoms with E-state index in [4.69, 9.17) is 17.2 Å². The number of carbonyl (C=O) groups excluding carboxylic acids is 3. The fraction of sp³-hybridized carbons (Fsp3) is 0.750. The largest absolute Gasteiger partial charge is 0.480 e. The molecule has 0 saturated carbocycles. The molecule has 0 aromatic heterocycles. The van der Waals surface area contributed by atoms with Crippen molar-refractivity contribution in [1.29, 1.82) is 0 Å². The molecule has 0 aromatic rings. The van der Waals surface area contributed by atoms with E-state index in [0.717, 1.165) is 0 Å². The van der Waals surface area contributed by atoms with Crippen LogP contribution in [-0.4, -0.2) is 65.5 Å². The molecule has 12 heteroatoms. The zero-order valence-electron chi connectivity index (χ0n) is 19.6. The monoisotopic (exact) mass is 457 g/mol. The highest BCUT2D eigenvalue weighted by atomic mass is 16.4.